The van der Waals surface area contributed by atoms with Crippen LogP contribution in [0.1, 0.15) is 21.5 Å². The summed E-state index contributed by atoms with van der Waals surface area (Å²) >= 11 is 6.11. The van der Waals surface area contributed by atoms with Gasteiger partial charge in [-0.05, 0) is 55.0 Å². The molecule has 3 aromatic rings. The molecule has 0 unspecified atom stereocenters. The SMILES string of the molecule is Cc1ccc(Nc2ccc(C(=O)Nc3cccc(C#N)c3)cn2)cc1Cl. The minimum Gasteiger partial charge on any atom is -0.340 e. The van der Waals surface area contributed by atoms with E-state index in [0.29, 0.717) is 27.7 Å². The van der Waals surface area contributed by atoms with Crippen molar-refractivity contribution in [2.45, 2.75) is 6.92 Å². The Morgan fingerprint density at radius 2 is 1.96 bits per heavy atom. The Bertz CT molecular complexity index is 993. The standard InChI is InChI=1S/C20H15ClN4O/c1-13-5-7-17(10-18(13)21)24-19-8-6-15(12-23-19)20(26)25-16-4-2-3-14(9-16)11-22/h2-10,12H,1H3,(H,23,24)(H,25,26). The van der Waals surface area contributed by atoms with Gasteiger partial charge in [0.15, 0.2) is 0 Å². The summed E-state index contributed by atoms with van der Waals surface area (Å²) in [5, 5.41) is 15.5. The van der Waals surface area contributed by atoms with Crippen LogP contribution in [0.15, 0.2) is 60.8 Å². The lowest BCUT2D eigenvalue weighted by molar-refractivity contribution is 0.102. The highest BCUT2D eigenvalue weighted by atomic mass is 35.5. The third-order valence-electron chi connectivity index (χ3n) is 3.72. The molecular weight excluding hydrogens is 348 g/mol. The van der Waals surface area contributed by atoms with Crippen LogP contribution in [0.3, 0.4) is 0 Å². The van der Waals surface area contributed by atoms with Gasteiger partial charge < -0.3 is 10.6 Å². The van der Waals surface area contributed by atoms with Gasteiger partial charge in [0.25, 0.3) is 5.91 Å². The molecule has 1 aromatic heterocycles. The van der Waals surface area contributed by atoms with Gasteiger partial charge in [0.05, 0.1) is 17.2 Å². The summed E-state index contributed by atoms with van der Waals surface area (Å²) in [6.07, 6.45) is 1.49. The summed E-state index contributed by atoms with van der Waals surface area (Å²) < 4.78 is 0. The number of benzene rings is 2. The Labute approximate surface area is 156 Å². The van der Waals surface area contributed by atoms with Crippen LogP contribution in [0.4, 0.5) is 17.2 Å². The first-order chi connectivity index (χ1) is 12.5. The fourth-order valence-corrected chi connectivity index (χ4v) is 2.47. The van der Waals surface area contributed by atoms with Gasteiger partial charge in [0.2, 0.25) is 0 Å². The minimum atomic E-state index is -0.294. The van der Waals surface area contributed by atoms with E-state index < -0.39 is 0 Å². The molecule has 0 aliphatic rings. The molecule has 5 nitrogen and oxygen atoms in total. The lowest BCUT2D eigenvalue weighted by atomic mass is 10.2. The Hall–Kier alpha value is -3.36. The van der Waals surface area contributed by atoms with E-state index in [-0.39, 0.29) is 5.91 Å². The first kappa shape index (κ1) is 17.5. The number of nitriles is 1. The largest absolute Gasteiger partial charge is 0.340 e. The second-order valence-corrected chi connectivity index (χ2v) is 6.08. The zero-order valence-corrected chi connectivity index (χ0v) is 14.7. The van der Waals surface area contributed by atoms with Crippen LogP contribution in [0.25, 0.3) is 0 Å². The number of anilines is 3. The fourth-order valence-electron chi connectivity index (χ4n) is 2.29. The van der Waals surface area contributed by atoms with E-state index in [2.05, 4.69) is 15.6 Å². The molecule has 0 aliphatic heterocycles. The molecule has 0 bridgehead atoms. The van der Waals surface area contributed by atoms with Crippen LogP contribution in [0.5, 0.6) is 0 Å². The summed E-state index contributed by atoms with van der Waals surface area (Å²) in [6.45, 7) is 1.93. The normalized spacial score (nSPS) is 10.0. The predicted octanol–water partition coefficient (Wildman–Crippen LogP) is 4.91. The summed E-state index contributed by atoms with van der Waals surface area (Å²) in [5.74, 6) is 0.311. The van der Waals surface area contributed by atoms with Crippen molar-refractivity contribution in [1.29, 1.82) is 5.26 Å². The van der Waals surface area contributed by atoms with E-state index in [0.717, 1.165) is 11.3 Å². The average Bonchev–Trinajstić information content (AvgIpc) is 2.65. The second kappa shape index (κ2) is 7.68. The van der Waals surface area contributed by atoms with Gasteiger partial charge in [0.1, 0.15) is 5.82 Å². The van der Waals surface area contributed by atoms with Gasteiger partial charge in [-0.15, -0.1) is 0 Å². The molecule has 2 N–H and O–H groups in total. The van der Waals surface area contributed by atoms with E-state index in [9.17, 15) is 4.79 Å². The number of aryl methyl sites for hydroxylation is 1. The summed E-state index contributed by atoms with van der Waals surface area (Å²) in [7, 11) is 0. The molecule has 0 atom stereocenters. The van der Waals surface area contributed by atoms with Gasteiger partial charge in [-0.25, -0.2) is 4.98 Å². The van der Waals surface area contributed by atoms with E-state index in [4.69, 9.17) is 16.9 Å². The summed E-state index contributed by atoms with van der Waals surface area (Å²) in [6, 6.07) is 17.8. The Morgan fingerprint density at radius 1 is 1.12 bits per heavy atom. The number of nitrogens with zero attached hydrogens (tertiary/aromatic N) is 2. The monoisotopic (exact) mass is 362 g/mol. The molecule has 0 saturated heterocycles. The number of halogens is 1. The molecule has 2 aromatic carbocycles. The van der Waals surface area contributed by atoms with Crippen LogP contribution < -0.4 is 10.6 Å². The molecular formula is C20H15ClN4O. The maximum atomic E-state index is 12.3. The first-order valence-electron chi connectivity index (χ1n) is 7.86. The van der Waals surface area contributed by atoms with Gasteiger partial charge in [-0.1, -0.05) is 23.7 Å². The van der Waals surface area contributed by atoms with Crippen molar-refractivity contribution in [3.8, 4) is 6.07 Å². The molecule has 1 amide bonds. The van der Waals surface area contributed by atoms with Crippen molar-refractivity contribution in [2.24, 2.45) is 0 Å². The number of amides is 1. The number of aromatic nitrogens is 1. The smallest absolute Gasteiger partial charge is 0.257 e. The topological polar surface area (TPSA) is 77.8 Å². The number of carbonyl (C=O) groups is 1. The Morgan fingerprint density at radius 3 is 2.65 bits per heavy atom. The number of hydrogen-bond acceptors (Lipinski definition) is 4. The van der Waals surface area contributed by atoms with E-state index in [1.165, 1.54) is 6.20 Å². The number of pyridine rings is 1. The molecule has 6 heteroatoms. The highest BCUT2D eigenvalue weighted by Crippen LogP contribution is 2.22. The maximum Gasteiger partial charge on any atom is 0.257 e. The molecule has 0 aliphatic carbocycles. The van der Waals surface area contributed by atoms with Crippen molar-refractivity contribution in [3.05, 3.63) is 82.5 Å². The second-order valence-electron chi connectivity index (χ2n) is 5.67. The average molecular weight is 363 g/mol. The van der Waals surface area contributed by atoms with Gasteiger partial charge in [-0.2, -0.15) is 5.26 Å². The van der Waals surface area contributed by atoms with Crippen LogP contribution >= 0.6 is 11.6 Å². The zero-order chi connectivity index (χ0) is 18.5. The van der Waals surface area contributed by atoms with E-state index >= 15 is 0 Å². The quantitative estimate of drug-likeness (QED) is 0.691. The van der Waals surface area contributed by atoms with Crippen molar-refractivity contribution >= 4 is 34.7 Å². The molecule has 1 heterocycles. The lowest BCUT2D eigenvalue weighted by Gasteiger charge is -2.09. The van der Waals surface area contributed by atoms with Crippen LogP contribution in [-0.4, -0.2) is 10.9 Å². The van der Waals surface area contributed by atoms with Gasteiger partial charge in [-0.3, -0.25) is 4.79 Å². The molecule has 128 valence electrons. The molecule has 3 rings (SSSR count). The number of carbonyl (C=O) groups excluding carboxylic acids is 1. The highest BCUT2D eigenvalue weighted by Gasteiger charge is 2.08. The summed E-state index contributed by atoms with van der Waals surface area (Å²) in [5.41, 5.74) is 3.28. The lowest BCUT2D eigenvalue weighted by Crippen LogP contribution is -2.12. The minimum absolute atomic E-state index is 0.294. The molecule has 0 spiro atoms. The Kier molecular flexibility index (Phi) is 5.16. The van der Waals surface area contributed by atoms with Crippen molar-refractivity contribution in [3.63, 3.8) is 0 Å². The maximum absolute atomic E-state index is 12.3. The molecule has 26 heavy (non-hydrogen) atoms. The molecule has 0 fully saturated rings. The van der Waals surface area contributed by atoms with Crippen LogP contribution in [0.2, 0.25) is 5.02 Å². The molecule has 0 radical (unpaired) electrons. The van der Waals surface area contributed by atoms with Gasteiger partial charge in [0, 0.05) is 22.6 Å². The van der Waals surface area contributed by atoms with Crippen molar-refractivity contribution in [2.75, 3.05) is 10.6 Å². The first-order valence-corrected chi connectivity index (χ1v) is 8.24. The number of rotatable bonds is 4. The third-order valence-corrected chi connectivity index (χ3v) is 4.13. The third kappa shape index (κ3) is 4.18. The van der Waals surface area contributed by atoms with Gasteiger partial charge >= 0.3 is 0 Å². The molecule has 0 saturated carbocycles. The summed E-state index contributed by atoms with van der Waals surface area (Å²) in [4.78, 5) is 16.5. The zero-order valence-electron chi connectivity index (χ0n) is 14.0. The van der Waals surface area contributed by atoms with E-state index in [1.54, 1.807) is 36.4 Å². The number of nitrogens with one attached hydrogen (secondary N) is 2. The Balaban J connectivity index is 1.69. The van der Waals surface area contributed by atoms with Crippen LogP contribution in [0, 0.1) is 18.3 Å². The van der Waals surface area contributed by atoms with Crippen molar-refractivity contribution in [1.82, 2.24) is 4.98 Å². The van der Waals surface area contributed by atoms with E-state index in [1.807, 2.05) is 31.2 Å². The van der Waals surface area contributed by atoms with Crippen LogP contribution in [-0.2, 0) is 0 Å². The fraction of sp³-hybridized carbons (Fsp3) is 0.0500. The predicted molar refractivity (Wildman–Crippen MR) is 103 cm³/mol. The number of hydrogen-bond donors (Lipinski definition) is 2. The van der Waals surface area contributed by atoms with Crippen molar-refractivity contribution < 1.29 is 4.79 Å². The highest BCUT2D eigenvalue weighted by molar-refractivity contribution is 6.31.